The van der Waals surface area contributed by atoms with E-state index in [1.165, 1.54) is 4.90 Å². The molecule has 0 saturated heterocycles. The van der Waals surface area contributed by atoms with Crippen LogP contribution in [0.3, 0.4) is 0 Å². The number of aryl methyl sites for hydroxylation is 3. The molecular weight excluding hydrogens is 398 g/mol. The van der Waals surface area contributed by atoms with Gasteiger partial charge < -0.3 is 9.64 Å². The van der Waals surface area contributed by atoms with Gasteiger partial charge in [-0.25, -0.2) is 8.42 Å². The molecule has 28 heavy (non-hydrogen) atoms. The molecular formula is C20H27NO5S2. The summed E-state index contributed by atoms with van der Waals surface area (Å²) in [5.41, 5.74) is 2.50. The van der Waals surface area contributed by atoms with Crippen LogP contribution in [0.25, 0.3) is 0 Å². The minimum atomic E-state index is -3.91. The smallest absolute Gasteiger partial charge is 0.410 e. The van der Waals surface area contributed by atoms with E-state index in [9.17, 15) is 13.2 Å². The molecule has 0 heterocycles. The van der Waals surface area contributed by atoms with E-state index in [0.717, 1.165) is 21.6 Å². The predicted octanol–water partition coefficient (Wildman–Crippen LogP) is 4.42. The van der Waals surface area contributed by atoms with Gasteiger partial charge in [0.1, 0.15) is 5.75 Å². The summed E-state index contributed by atoms with van der Waals surface area (Å²) in [5, 5.41) is 0. The molecule has 1 amide bonds. The Balaban J connectivity index is 2.36. The highest BCUT2D eigenvalue weighted by atomic mass is 32.3. The molecule has 2 aromatic rings. The maximum atomic E-state index is 12.7. The summed E-state index contributed by atoms with van der Waals surface area (Å²) >= 11 is 0. The van der Waals surface area contributed by atoms with Gasteiger partial charge in [-0.2, -0.15) is 8.42 Å². The number of carbonyl (C=O) groups is 1. The van der Waals surface area contributed by atoms with Gasteiger partial charge in [-0.05, 0) is 68.7 Å². The number of hydrogen-bond donors (Lipinski definition) is 0. The average molecular weight is 426 g/mol. The molecule has 0 aliphatic rings. The van der Waals surface area contributed by atoms with Crippen LogP contribution in [0.5, 0.6) is 5.75 Å². The summed E-state index contributed by atoms with van der Waals surface area (Å²) in [6.45, 7) is 5.55. The molecule has 8 heteroatoms. The van der Waals surface area contributed by atoms with Crippen molar-refractivity contribution in [2.75, 3.05) is 26.6 Å². The van der Waals surface area contributed by atoms with E-state index in [2.05, 4.69) is 0 Å². The lowest BCUT2D eigenvalue weighted by Crippen LogP contribution is -2.25. The number of nitrogens with zero attached hydrogens (tertiary/aromatic N) is 1. The van der Waals surface area contributed by atoms with Crippen LogP contribution in [0.15, 0.2) is 46.2 Å². The van der Waals surface area contributed by atoms with Gasteiger partial charge in [0.25, 0.3) is 0 Å². The number of carbonyl (C=O) groups excluding carboxylic acids is 1. The largest absolute Gasteiger partial charge is 0.414 e. The van der Waals surface area contributed by atoms with E-state index in [-0.39, 0.29) is 4.90 Å². The molecule has 0 aromatic heterocycles. The molecule has 0 fully saturated rings. The first kappa shape index (κ1) is 22.3. The van der Waals surface area contributed by atoms with Gasteiger partial charge in [0.05, 0.1) is 4.90 Å². The molecule has 0 aliphatic heterocycles. The normalized spacial score (nSPS) is 12.5. The Kier molecular flexibility index (Phi) is 6.48. The van der Waals surface area contributed by atoms with Crippen LogP contribution in [-0.2, 0) is 13.7 Å². The molecule has 0 N–H and O–H groups in total. The van der Waals surface area contributed by atoms with Crippen LogP contribution < -0.4 is 4.74 Å². The molecule has 2 aromatic carbocycles. The van der Waals surface area contributed by atoms with Crippen LogP contribution in [0, 0.1) is 20.8 Å². The maximum absolute atomic E-state index is 12.7. The van der Waals surface area contributed by atoms with Crippen LogP contribution >= 0.6 is 10.3 Å². The Bertz CT molecular complexity index is 980. The summed E-state index contributed by atoms with van der Waals surface area (Å²) in [4.78, 5) is 14.1. The predicted molar refractivity (Wildman–Crippen MR) is 113 cm³/mol. The minimum absolute atomic E-state index is 0.129. The van der Waals surface area contributed by atoms with Crippen molar-refractivity contribution < 1.29 is 21.6 Å². The van der Waals surface area contributed by atoms with Crippen molar-refractivity contribution >= 4 is 26.5 Å². The van der Waals surface area contributed by atoms with E-state index in [1.54, 1.807) is 56.9 Å². The molecule has 154 valence electrons. The van der Waals surface area contributed by atoms with Crippen LogP contribution in [-0.4, -0.2) is 46.0 Å². The van der Waals surface area contributed by atoms with Gasteiger partial charge in [0.2, 0.25) is 0 Å². The molecule has 0 atom stereocenters. The number of hydrogen-bond acceptors (Lipinski definition) is 5. The minimum Gasteiger partial charge on any atom is -0.410 e. The van der Waals surface area contributed by atoms with Crippen molar-refractivity contribution in [2.45, 2.75) is 30.6 Å². The van der Waals surface area contributed by atoms with E-state index < -0.39 is 26.5 Å². The fraction of sp³-hybridized carbons (Fsp3) is 0.350. The lowest BCUT2D eigenvalue weighted by molar-refractivity contribution is 0.171. The van der Waals surface area contributed by atoms with Crippen LogP contribution in [0.1, 0.15) is 16.7 Å². The molecule has 0 unspecified atom stereocenters. The van der Waals surface area contributed by atoms with Gasteiger partial charge in [0, 0.05) is 19.0 Å². The summed E-state index contributed by atoms with van der Waals surface area (Å²) in [7, 11) is -2.82. The number of ether oxygens (including phenoxy) is 1. The molecule has 0 bridgehead atoms. The van der Waals surface area contributed by atoms with E-state index in [0.29, 0.717) is 5.75 Å². The fourth-order valence-electron chi connectivity index (χ4n) is 2.59. The van der Waals surface area contributed by atoms with Gasteiger partial charge in [0.15, 0.2) is 0 Å². The summed E-state index contributed by atoms with van der Waals surface area (Å²) in [6.07, 6.45) is 3.10. The molecule has 0 radical (unpaired) electrons. The highest BCUT2D eigenvalue weighted by Gasteiger charge is 2.28. The lowest BCUT2D eigenvalue weighted by Gasteiger charge is -2.32. The second kappa shape index (κ2) is 8.14. The first-order valence-electron chi connectivity index (χ1n) is 8.60. The topological polar surface area (TPSA) is 72.9 Å². The van der Waals surface area contributed by atoms with E-state index in [4.69, 9.17) is 8.37 Å². The second-order valence-corrected chi connectivity index (χ2v) is 12.0. The third-order valence-corrected chi connectivity index (χ3v) is 8.56. The van der Waals surface area contributed by atoms with Gasteiger partial charge >= 0.3 is 16.2 Å². The molecule has 0 aliphatic carbocycles. The molecule has 0 spiro atoms. The molecule has 0 saturated carbocycles. The molecule has 6 nitrogen and oxygen atoms in total. The van der Waals surface area contributed by atoms with Gasteiger partial charge in [-0.1, -0.05) is 28.0 Å². The monoisotopic (exact) mass is 425 g/mol. The summed E-state index contributed by atoms with van der Waals surface area (Å²) in [5.74, 6) is 0.441. The Morgan fingerprint density at radius 2 is 1.50 bits per heavy atom. The van der Waals surface area contributed by atoms with Crippen LogP contribution in [0.4, 0.5) is 4.79 Å². The van der Waals surface area contributed by atoms with Crippen molar-refractivity contribution in [3.8, 4) is 5.75 Å². The third kappa shape index (κ3) is 5.06. The second-order valence-electron chi connectivity index (χ2n) is 7.21. The quantitative estimate of drug-likeness (QED) is 0.709. The Labute approximate surface area is 169 Å². The Morgan fingerprint density at radius 1 is 0.929 bits per heavy atom. The van der Waals surface area contributed by atoms with Crippen molar-refractivity contribution in [3.63, 3.8) is 0 Å². The Morgan fingerprint density at radius 3 is 2.04 bits per heavy atom. The van der Waals surface area contributed by atoms with Crippen molar-refractivity contribution in [2.24, 2.45) is 0 Å². The highest BCUT2D eigenvalue weighted by molar-refractivity contribution is 8.32. The first-order chi connectivity index (χ1) is 12.8. The third-order valence-electron chi connectivity index (χ3n) is 4.13. The fourth-order valence-corrected chi connectivity index (χ4v) is 6.76. The standard InChI is InChI=1S/C20H27NO5S2/c1-14-8-10-17(11-9-14)28(23,24)26-27(6,7)19-13-15(2)18(12-16(19)3)25-20(22)21(4)5/h8-13H,1-7H3. The summed E-state index contributed by atoms with van der Waals surface area (Å²) < 4.78 is 36.5. The van der Waals surface area contributed by atoms with Gasteiger partial charge in [-0.3, -0.25) is 0 Å². The van der Waals surface area contributed by atoms with Gasteiger partial charge in [-0.15, -0.1) is 0 Å². The zero-order valence-electron chi connectivity index (χ0n) is 17.3. The average Bonchev–Trinajstić information content (AvgIpc) is 2.57. The SMILES string of the molecule is Cc1ccc(S(=O)(=O)OS(C)(C)c2cc(C)c(OC(=O)N(C)C)cc2C)cc1. The first-order valence-corrected chi connectivity index (χ1v) is 12.4. The summed E-state index contributed by atoms with van der Waals surface area (Å²) in [6, 6.07) is 10.1. The number of benzene rings is 2. The number of rotatable bonds is 5. The zero-order valence-corrected chi connectivity index (χ0v) is 18.9. The zero-order chi connectivity index (χ0) is 21.3. The van der Waals surface area contributed by atoms with E-state index in [1.807, 2.05) is 26.8 Å². The number of amides is 1. The Hall–Kier alpha value is -2.03. The van der Waals surface area contributed by atoms with Crippen molar-refractivity contribution in [1.82, 2.24) is 4.90 Å². The highest BCUT2D eigenvalue weighted by Crippen LogP contribution is 2.54. The maximum Gasteiger partial charge on any atom is 0.414 e. The van der Waals surface area contributed by atoms with Crippen LogP contribution in [0.2, 0.25) is 0 Å². The van der Waals surface area contributed by atoms with Crippen molar-refractivity contribution in [3.05, 3.63) is 53.1 Å². The van der Waals surface area contributed by atoms with E-state index >= 15 is 0 Å². The lowest BCUT2D eigenvalue weighted by atomic mass is 10.1. The van der Waals surface area contributed by atoms with Crippen molar-refractivity contribution in [1.29, 1.82) is 0 Å². The molecule has 2 rings (SSSR count).